The number of nitrogens with zero attached hydrogens (tertiary/aromatic N) is 2. The SMILES string of the molecule is CC1CCN(C(=O)c2ccc(Cl)c(N3CCNC3=O)c2)C1CO. The van der Waals surface area contributed by atoms with Gasteiger partial charge in [-0.05, 0) is 30.5 Å². The molecule has 2 atom stereocenters. The van der Waals surface area contributed by atoms with Crippen molar-refractivity contribution in [2.24, 2.45) is 5.92 Å². The van der Waals surface area contributed by atoms with Gasteiger partial charge in [0.15, 0.2) is 0 Å². The zero-order valence-electron chi connectivity index (χ0n) is 13.0. The van der Waals surface area contributed by atoms with Crippen molar-refractivity contribution in [2.45, 2.75) is 19.4 Å². The lowest BCUT2D eigenvalue weighted by Crippen LogP contribution is -2.40. The first kappa shape index (κ1) is 16.1. The number of halogens is 1. The van der Waals surface area contributed by atoms with E-state index in [2.05, 4.69) is 5.32 Å². The van der Waals surface area contributed by atoms with Crippen LogP contribution in [0.2, 0.25) is 5.02 Å². The van der Waals surface area contributed by atoms with E-state index in [9.17, 15) is 14.7 Å². The van der Waals surface area contributed by atoms with E-state index in [1.165, 1.54) is 4.90 Å². The minimum atomic E-state index is -0.209. The summed E-state index contributed by atoms with van der Waals surface area (Å²) in [5.74, 6) is 0.144. The minimum absolute atomic E-state index is 0.0398. The number of nitrogens with one attached hydrogen (secondary N) is 1. The van der Waals surface area contributed by atoms with Gasteiger partial charge in [0.1, 0.15) is 0 Å². The van der Waals surface area contributed by atoms with E-state index in [4.69, 9.17) is 11.6 Å². The summed E-state index contributed by atoms with van der Waals surface area (Å²) in [6.45, 7) is 3.71. The number of hydrogen-bond donors (Lipinski definition) is 2. The van der Waals surface area contributed by atoms with Crippen molar-refractivity contribution in [3.8, 4) is 0 Å². The van der Waals surface area contributed by atoms with Crippen LogP contribution in [0.15, 0.2) is 18.2 Å². The third-order valence-corrected chi connectivity index (χ3v) is 4.99. The first-order valence-electron chi connectivity index (χ1n) is 7.79. The number of benzene rings is 1. The predicted molar refractivity (Wildman–Crippen MR) is 87.9 cm³/mol. The van der Waals surface area contributed by atoms with Gasteiger partial charge < -0.3 is 15.3 Å². The smallest absolute Gasteiger partial charge is 0.322 e. The van der Waals surface area contributed by atoms with Gasteiger partial charge in [-0.3, -0.25) is 9.69 Å². The quantitative estimate of drug-likeness (QED) is 0.882. The van der Waals surface area contributed by atoms with Crippen LogP contribution in [0.3, 0.4) is 0 Å². The van der Waals surface area contributed by atoms with Crippen molar-refractivity contribution in [3.63, 3.8) is 0 Å². The van der Waals surface area contributed by atoms with E-state index < -0.39 is 0 Å². The Morgan fingerprint density at radius 1 is 1.43 bits per heavy atom. The molecule has 3 rings (SSSR count). The van der Waals surface area contributed by atoms with Crippen LogP contribution in [0.4, 0.5) is 10.5 Å². The van der Waals surface area contributed by atoms with E-state index >= 15 is 0 Å². The topological polar surface area (TPSA) is 72.9 Å². The Kier molecular flexibility index (Phi) is 4.46. The molecular weight excluding hydrogens is 318 g/mol. The van der Waals surface area contributed by atoms with E-state index in [-0.39, 0.29) is 30.5 Å². The molecule has 3 amide bonds. The van der Waals surface area contributed by atoms with Gasteiger partial charge in [-0.25, -0.2) is 4.79 Å². The van der Waals surface area contributed by atoms with Crippen LogP contribution >= 0.6 is 11.6 Å². The molecule has 0 saturated carbocycles. The van der Waals surface area contributed by atoms with Crippen molar-refractivity contribution in [1.29, 1.82) is 0 Å². The first-order chi connectivity index (χ1) is 11.0. The molecule has 1 aromatic carbocycles. The molecule has 0 spiro atoms. The third kappa shape index (κ3) is 2.88. The van der Waals surface area contributed by atoms with Crippen molar-refractivity contribution in [1.82, 2.24) is 10.2 Å². The lowest BCUT2D eigenvalue weighted by molar-refractivity contribution is 0.0648. The van der Waals surface area contributed by atoms with Gasteiger partial charge >= 0.3 is 6.03 Å². The molecular formula is C16H20ClN3O3. The normalized spacial score (nSPS) is 24.2. The molecule has 2 aliphatic heterocycles. The summed E-state index contributed by atoms with van der Waals surface area (Å²) in [6.07, 6.45) is 0.881. The molecule has 2 aliphatic rings. The second kappa shape index (κ2) is 6.37. The van der Waals surface area contributed by atoms with Gasteiger partial charge in [0.05, 0.1) is 23.4 Å². The summed E-state index contributed by atoms with van der Waals surface area (Å²) in [5, 5.41) is 12.7. The third-order valence-electron chi connectivity index (χ3n) is 4.67. The van der Waals surface area contributed by atoms with Crippen molar-refractivity contribution in [2.75, 3.05) is 31.1 Å². The Labute approximate surface area is 140 Å². The van der Waals surface area contributed by atoms with E-state index in [0.29, 0.717) is 35.9 Å². The van der Waals surface area contributed by atoms with Crippen LogP contribution in [-0.2, 0) is 0 Å². The fourth-order valence-electron chi connectivity index (χ4n) is 3.26. The summed E-state index contributed by atoms with van der Waals surface area (Å²) in [6, 6.07) is 4.60. The molecule has 23 heavy (non-hydrogen) atoms. The van der Waals surface area contributed by atoms with Crippen molar-refractivity contribution in [3.05, 3.63) is 28.8 Å². The predicted octanol–water partition coefficient (Wildman–Crippen LogP) is 1.71. The highest BCUT2D eigenvalue weighted by molar-refractivity contribution is 6.34. The van der Waals surface area contributed by atoms with Gasteiger partial charge in [0.2, 0.25) is 0 Å². The second-order valence-corrected chi connectivity index (χ2v) is 6.47. The van der Waals surface area contributed by atoms with E-state index in [1.807, 2.05) is 6.92 Å². The highest BCUT2D eigenvalue weighted by Gasteiger charge is 2.34. The number of likely N-dealkylation sites (tertiary alicyclic amines) is 1. The van der Waals surface area contributed by atoms with Crippen molar-refractivity contribution < 1.29 is 14.7 Å². The molecule has 2 saturated heterocycles. The fourth-order valence-corrected chi connectivity index (χ4v) is 3.48. The molecule has 124 valence electrons. The summed E-state index contributed by atoms with van der Waals surface area (Å²) in [7, 11) is 0. The minimum Gasteiger partial charge on any atom is -0.394 e. The monoisotopic (exact) mass is 337 g/mol. The molecule has 2 heterocycles. The maximum Gasteiger partial charge on any atom is 0.322 e. The number of urea groups is 1. The Balaban J connectivity index is 1.88. The average molecular weight is 338 g/mol. The Bertz CT molecular complexity index is 637. The molecule has 0 aliphatic carbocycles. The van der Waals surface area contributed by atoms with Gasteiger partial charge in [0, 0.05) is 25.2 Å². The summed E-state index contributed by atoms with van der Waals surface area (Å²) in [5.41, 5.74) is 1.02. The number of hydrogen-bond acceptors (Lipinski definition) is 3. The maximum atomic E-state index is 12.8. The standard InChI is InChI=1S/C16H20ClN3O3/c1-10-4-6-19(14(10)9-21)15(22)11-2-3-12(17)13(8-11)20-7-5-18-16(20)23/h2-3,8,10,14,21H,4-7,9H2,1H3,(H,18,23). The Morgan fingerprint density at radius 3 is 2.87 bits per heavy atom. The highest BCUT2D eigenvalue weighted by atomic mass is 35.5. The lowest BCUT2D eigenvalue weighted by atomic mass is 10.0. The van der Waals surface area contributed by atoms with Gasteiger partial charge in [-0.15, -0.1) is 0 Å². The second-order valence-electron chi connectivity index (χ2n) is 6.06. The molecule has 7 heteroatoms. The van der Waals surface area contributed by atoms with E-state index in [1.54, 1.807) is 23.1 Å². The van der Waals surface area contributed by atoms with Crippen LogP contribution in [-0.4, -0.2) is 54.2 Å². The van der Waals surface area contributed by atoms with Crippen molar-refractivity contribution >= 4 is 29.2 Å². The number of amides is 3. The lowest BCUT2D eigenvalue weighted by Gasteiger charge is -2.26. The molecule has 6 nitrogen and oxygen atoms in total. The van der Waals surface area contributed by atoms with Crippen LogP contribution in [0.5, 0.6) is 0 Å². The van der Waals surface area contributed by atoms with Crippen LogP contribution in [0.25, 0.3) is 0 Å². The Hall–Kier alpha value is -1.79. The molecule has 1 aromatic rings. The molecule has 0 radical (unpaired) electrons. The van der Waals surface area contributed by atoms with Crippen LogP contribution < -0.4 is 10.2 Å². The van der Waals surface area contributed by atoms with Gasteiger partial charge in [0.25, 0.3) is 5.91 Å². The van der Waals surface area contributed by atoms with Crippen LogP contribution in [0.1, 0.15) is 23.7 Å². The zero-order valence-corrected chi connectivity index (χ0v) is 13.7. The largest absolute Gasteiger partial charge is 0.394 e. The number of anilines is 1. The van der Waals surface area contributed by atoms with Crippen LogP contribution in [0, 0.1) is 5.92 Å². The van der Waals surface area contributed by atoms with E-state index in [0.717, 1.165) is 6.42 Å². The first-order valence-corrected chi connectivity index (χ1v) is 8.17. The van der Waals surface area contributed by atoms with Gasteiger partial charge in [-0.2, -0.15) is 0 Å². The molecule has 2 fully saturated rings. The average Bonchev–Trinajstić information content (AvgIpc) is 3.12. The zero-order chi connectivity index (χ0) is 16.6. The molecule has 0 bridgehead atoms. The highest BCUT2D eigenvalue weighted by Crippen LogP contribution is 2.30. The number of aliphatic hydroxyl groups is 1. The fraction of sp³-hybridized carbons (Fsp3) is 0.500. The molecule has 2 N–H and O–H groups in total. The molecule has 0 aromatic heterocycles. The summed E-state index contributed by atoms with van der Waals surface area (Å²) >= 11 is 6.20. The summed E-state index contributed by atoms with van der Waals surface area (Å²) < 4.78 is 0. The van der Waals surface area contributed by atoms with Gasteiger partial charge in [-0.1, -0.05) is 18.5 Å². The number of carbonyl (C=O) groups is 2. The Morgan fingerprint density at radius 2 is 2.22 bits per heavy atom. The number of rotatable bonds is 3. The number of carbonyl (C=O) groups excluding carboxylic acids is 2. The molecule has 2 unspecified atom stereocenters. The summed E-state index contributed by atoms with van der Waals surface area (Å²) in [4.78, 5) is 27.9. The number of aliphatic hydroxyl groups excluding tert-OH is 1. The maximum absolute atomic E-state index is 12.8.